The monoisotopic (exact) mass is 987 g/mol. The average molecular weight is 990 g/mol. The molecule has 0 N–H and O–H groups in total. The van der Waals surface area contributed by atoms with Gasteiger partial charge < -0.3 is 0 Å². The molecule has 0 radical (unpaired) electrons. The summed E-state index contributed by atoms with van der Waals surface area (Å²) in [5.41, 5.74) is 23.3. The Morgan fingerprint density at radius 3 is 1.35 bits per heavy atom. The molecule has 0 fully saturated rings. The van der Waals surface area contributed by atoms with Crippen LogP contribution >= 0.6 is 17.0 Å². The molecule has 3 aliphatic rings. The van der Waals surface area contributed by atoms with Gasteiger partial charge in [-0.3, -0.25) is 0 Å². The van der Waals surface area contributed by atoms with Crippen LogP contribution in [0, 0.1) is 0 Å². The van der Waals surface area contributed by atoms with Crippen molar-refractivity contribution in [3.8, 4) is 55.6 Å². The molecule has 0 aromatic heterocycles. The van der Waals surface area contributed by atoms with E-state index in [1.54, 1.807) is 0 Å². The number of rotatable bonds is 11. The molecule has 0 nitrogen and oxygen atoms in total. The normalized spacial score (nSPS) is 16.8. The number of halogens is 2. The van der Waals surface area contributed by atoms with Gasteiger partial charge in [-0.05, 0) is 0 Å². The molecule has 2 atom stereocenters. The van der Waals surface area contributed by atoms with Crippen molar-refractivity contribution in [3.63, 3.8) is 0 Å². The quantitative estimate of drug-likeness (QED) is 0.113. The molecule has 11 rings (SSSR count). The number of hydrogen-bond acceptors (Lipinski definition) is 0. The summed E-state index contributed by atoms with van der Waals surface area (Å²) in [6.07, 6.45) is 9.07. The van der Waals surface area contributed by atoms with Crippen molar-refractivity contribution in [2.75, 3.05) is 0 Å². The first-order chi connectivity index (χ1) is 32.2. The zero-order valence-electron chi connectivity index (χ0n) is 38.3. The van der Waals surface area contributed by atoms with Gasteiger partial charge in [0.15, 0.2) is 0 Å². The Kier molecular flexibility index (Phi) is 11.3. The van der Waals surface area contributed by atoms with Crippen LogP contribution in [0.3, 0.4) is 0 Å². The second-order valence-electron chi connectivity index (χ2n) is 19.0. The molecule has 0 amide bonds. The van der Waals surface area contributed by atoms with E-state index in [1.165, 1.54) is 114 Å². The van der Waals surface area contributed by atoms with Crippen LogP contribution in [0.25, 0.3) is 67.8 Å². The molecule has 8 aromatic carbocycles. The minimum absolute atomic E-state index is 0.151. The van der Waals surface area contributed by atoms with E-state index >= 15 is 0 Å². The fourth-order valence-corrected chi connectivity index (χ4v) is 41.3. The maximum absolute atomic E-state index is 9.37. The van der Waals surface area contributed by atoms with Gasteiger partial charge in [0, 0.05) is 0 Å². The van der Waals surface area contributed by atoms with E-state index in [-0.39, 0.29) is 7.25 Å². The van der Waals surface area contributed by atoms with E-state index in [4.69, 9.17) is 0 Å². The predicted molar refractivity (Wildman–Crippen MR) is 286 cm³/mol. The van der Waals surface area contributed by atoms with Gasteiger partial charge in [-0.1, -0.05) is 0 Å². The Bertz CT molecular complexity index is 3100. The molecule has 1 aliphatic heterocycles. The standard InChI is InChI=1S/2C25H23.C12H9Si.2ClH.Zr/c2*1-3-9-20-14-15-21-16-18(2)17-24(21)25(20)23-13-8-7-12-22(23)19-10-5-4-6-11-19;1-3-7-11-9(5-1)10-6-2-4-8-12(10)13-11;;;/h2*4-8,10-17H,3,9H2,1-2H3;1-7H,13H2;2*1H;/q;;;;;+2/p-2. The van der Waals surface area contributed by atoms with Crippen LogP contribution in [0.4, 0.5) is 0 Å². The Morgan fingerprint density at radius 2 is 0.864 bits per heavy atom. The third kappa shape index (κ3) is 6.85. The van der Waals surface area contributed by atoms with Crippen molar-refractivity contribution in [1.29, 1.82) is 0 Å². The molecule has 0 saturated carbocycles. The first-order valence-electron chi connectivity index (χ1n) is 24.0. The number of aryl methyl sites for hydroxylation is 2. The number of hydrogen-bond donors (Lipinski definition) is 0. The molecule has 66 heavy (non-hydrogen) atoms. The van der Waals surface area contributed by atoms with Gasteiger partial charge in [0.25, 0.3) is 0 Å². The Balaban J connectivity index is 1.19. The number of allylic oxidation sites excluding steroid dienone is 2. The van der Waals surface area contributed by atoms with E-state index in [0.29, 0.717) is 0 Å². The zero-order valence-corrected chi connectivity index (χ0v) is 43.7. The van der Waals surface area contributed by atoms with Gasteiger partial charge in [0.05, 0.1) is 0 Å². The van der Waals surface area contributed by atoms with E-state index in [2.05, 4.69) is 216 Å². The van der Waals surface area contributed by atoms with Crippen LogP contribution in [-0.2, 0) is 29.2 Å². The molecule has 2 aliphatic carbocycles. The number of fused-ring (bicyclic) bond motifs is 5. The van der Waals surface area contributed by atoms with E-state index in [1.807, 2.05) is 0 Å². The summed E-state index contributed by atoms with van der Waals surface area (Å²) in [4.78, 5) is 0. The number of benzene rings is 8. The van der Waals surface area contributed by atoms with E-state index in [0.717, 1.165) is 25.7 Å². The molecular formula is C62H55Cl2SiZr. The molecule has 1 heterocycles. The van der Waals surface area contributed by atoms with Crippen molar-refractivity contribution in [3.05, 3.63) is 220 Å². The molecular weight excluding hydrogens is 935 g/mol. The summed E-state index contributed by atoms with van der Waals surface area (Å²) in [5.74, 6) is 0. The Morgan fingerprint density at radius 1 is 0.439 bits per heavy atom. The SMILES string of the molecule is CCCc1ccc2c(c1-c1ccccc1-c1ccccc1)C=C(C)[CH]2[Zr]([Cl])([Cl])([c]1cccc2c1[SiH2]c1ccccc1-2)[CH]1C(C)=Cc2c1ccc(CCC)c2-c1ccccc1-c1ccccc1. The Labute approximate surface area is 402 Å². The van der Waals surface area contributed by atoms with Gasteiger partial charge in [-0.25, -0.2) is 0 Å². The summed E-state index contributed by atoms with van der Waals surface area (Å²) in [7, 11) is 17.8. The summed E-state index contributed by atoms with van der Waals surface area (Å²) in [6.45, 7) is 9.26. The summed E-state index contributed by atoms with van der Waals surface area (Å²) in [5, 5.41) is 2.93. The van der Waals surface area contributed by atoms with Gasteiger partial charge in [0.1, 0.15) is 0 Å². The van der Waals surface area contributed by atoms with Gasteiger partial charge in [-0.15, -0.1) is 0 Å². The zero-order chi connectivity index (χ0) is 45.2. The van der Waals surface area contributed by atoms with Crippen molar-refractivity contribution < 1.29 is 16.4 Å². The van der Waals surface area contributed by atoms with Crippen LogP contribution in [0.5, 0.6) is 0 Å². The van der Waals surface area contributed by atoms with Crippen molar-refractivity contribution >= 4 is 52.3 Å². The van der Waals surface area contributed by atoms with Crippen LogP contribution in [-0.4, -0.2) is 9.52 Å². The molecule has 0 spiro atoms. The minimum atomic E-state index is -5.69. The summed E-state index contributed by atoms with van der Waals surface area (Å²) < 4.78 is 0.966. The van der Waals surface area contributed by atoms with Crippen molar-refractivity contribution in [2.24, 2.45) is 0 Å². The van der Waals surface area contributed by atoms with Crippen LogP contribution < -0.4 is 13.6 Å². The molecule has 8 aromatic rings. The van der Waals surface area contributed by atoms with Gasteiger partial charge in [-0.2, -0.15) is 0 Å². The van der Waals surface area contributed by atoms with Crippen LogP contribution in [0.15, 0.2) is 187 Å². The maximum atomic E-state index is 9.37. The summed E-state index contributed by atoms with van der Waals surface area (Å²) in [6, 6.07) is 65.5. The van der Waals surface area contributed by atoms with Gasteiger partial charge in [0.2, 0.25) is 0 Å². The molecule has 325 valence electrons. The Hall–Kier alpha value is -5.08. The average Bonchev–Trinajstić information content (AvgIpc) is 4.02. The summed E-state index contributed by atoms with van der Waals surface area (Å²) >= 11 is -5.69. The second kappa shape index (κ2) is 17.2. The third-order valence-electron chi connectivity index (χ3n) is 15.0. The topological polar surface area (TPSA) is 0 Å². The molecule has 0 bridgehead atoms. The third-order valence-corrected chi connectivity index (χ3v) is 38.2. The molecule has 2 unspecified atom stereocenters. The first-order valence-corrected chi connectivity index (χ1v) is 35.8. The van der Waals surface area contributed by atoms with E-state index in [9.17, 15) is 17.0 Å². The van der Waals surface area contributed by atoms with E-state index < -0.39 is 25.9 Å². The van der Waals surface area contributed by atoms with Crippen molar-refractivity contribution in [2.45, 2.75) is 60.6 Å². The molecule has 4 heteroatoms. The van der Waals surface area contributed by atoms with Gasteiger partial charge >= 0.3 is 405 Å². The van der Waals surface area contributed by atoms with Crippen molar-refractivity contribution in [1.82, 2.24) is 0 Å². The first kappa shape index (κ1) is 43.5. The van der Waals surface area contributed by atoms with Crippen LogP contribution in [0.1, 0.15) is 81.2 Å². The predicted octanol–water partition coefficient (Wildman–Crippen LogP) is 15.3. The fourth-order valence-electron chi connectivity index (χ4n) is 12.5. The van der Waals surface area contributed by atoms with Crippen LogP contribution in [0.2, 0.25) is 0 Å². The molecule has 0 saturated heterocycles. The fraction of sp³-hybridized carbons (Fsp3) is 0.161. The second-order valence-corrected chi connectivity index (χ2v) is 41.4.